The highest BCUT2D eigenvalue weighted by Gasteiger charge is 2.36. The summed E-state index contributed by atoms with van der Waals surface area (Å²) in [6.45, 7) is 3.72. The van der Waals surface area contributed by atoms with Gasteiger partial charge in [-0.15, -0.1) is 5.10 Å². The van der Waals surface area contributed by atoms with Crippen LogP contribution in [0.1, 0.15) is 24.5 Å². The fourth-order valence-electron chi connectivity index (χ4n) is 3.65. The van der Waals surface area contributed by atoms with Crippen molar-refractivity contribution in [3.63, 3.8) is 0 Å². The Morgan fingerprint density at radius 3 is 2.65 bits per heavy atom. The predicted molar refractivity (Wildman–Crippen MR) is 116 cm³/mol. The highest BCUT2D eigenvalue weighted by atomic mass is 16.3. The number of hydrogen-bond acceptors (Lipinski definition) is 6. The molecule has 8 nitrogen and oxygen atoms in total. The van der Waals surface area contributed by atoms with Crippen LogP contribution in [0.3, 0.4) is 0 Å². The monoisotopic (exact) mass is 412 g/mol. The minimum atomic E-state index is -0.563. The van der Waals surface area contributed by atoms with Gasteiger partial charge in [-0.1, -0.05) is 30.3 Å². The van der Waals surface area contributed by atoms with E-state index in [1.165, 1.54) is 0 Å². The Kier molecular flexibility index (Phi) is 4.59. The van der Waals surface area contributed by atoms with Gasteiger partial charge >= 0.3 is 0 Å². The lowest BCUT2D eigenvalue weighted by Crippen LogP contribution is -2.31. The van der Waals surface area contributed by atoms with Crippen molar-refractivity contribution < 1.29 is 9.21 Å². The molecule has 3 aromatic heterocycles. The van der Waals surface area contributed by atoms with Gasteiger partial charge in [0.25, 0.3) is 5.91 Å². The molecule has 2 N–H and O–H groups in total. The summed E-state index contributed by atoms with van der Waals surface area (Å²) in [5, 5.41) is 10.9. The van der Waals surface area contributed by atoms with Crippen molar-refractivity contribution in [2.45, 2.75) is 19.9 Å². The second kappa shape index (κ2) is 7.56. The lowest BCUT2D eigenvalue weighted by atomic mass is 10.00. The van der Waals surface area contributed by atoms with E-state index in [0.717, 1.165) is 11.3 Å². The number of amides is 1. The first kappa shape index (κ1) is 18.8. The van der Waals surface area contributed by atoms with Crippen LogP contribution in [-0.2, 0) is 4.79 Å². The molecule has 0 spiro atoms. The molecule has 5 rings (SSSR count). The number of anilines is 2. The number of nitrogens with one attached hydrogen (secondary N) is 2. The van der Waals surface area contributed by atoms with E-state index in [4.69, 9.17) is 9.52 Å². The molecule has 0 radical (unpaired) electrons. The molecule has 0 fully saturated rings. The Morgan fingerprint density at radius 1 is 1.10 bits per heavy atom. The molecule has 1 aliphatic rings. The molecule has 154 valence electrons. The number of benzene rings is 1. The molecule has 4 heterocycles. The van der Waals surface area contributed by atoms with E-state index in [1.54, 1.807) is 29.2 Å². The normalized spacial score (nSPS) is 15.4. The number of aromatic nitrogens is 4. The van der Waals surface area contributed by atoms with Gasteiger partial charge in [-0.3, -0.25) is 9.78 Å². The van der Waals surface area contributed by atoms with Gasteiger partial charge in [0.05, 0.1) is 17.5 Å². The molecule has 1 atom stereocenters. The number of aryl methyl sites for hydroxylation is 1. The quantitative estimate of drug-likeness (QED) is 0.522. The molecular weight excluding hydrogens is 392 g/mol. The Hall–Kier alpha value is -4.20. The molecule has 4 aromatic rings. The smallest absolute Gasteiger partial charge is 0.256 e. The highest BCUT2D eigenvalue weighted by molar-refractivity contribution is 6.05. The first-order valence-corrected chi connectivity index (χ1v) is 9.87. The van der Waals surface area contributed by atoms with E-state index in [0.29, 0.717) is 34.5 Å². The van der Waals surface area contributed by atoms with Crippen molar-refractivity contribution in [1.29, 1.82) is 0 Å². The van der Waals surface area contributed by atoms with Crippen LogP contribution >= 0.6 is 0 Å². The summed E-state index contributed by atoms with van der Waals surface area (Å²) in [4.78, 5) is 22.0. The molecule has 0 saturated carbocycles. The maximum atomic E-state index is 13.3. The van der Waals surface area contributed by atoms with Gasteiger partial charge in [-0.05, 0) is 38.1 Å². The van der Waals surface area contributed by atoms with Crippen LogP contribution in [0, 0.1) is 6.92 Å². The van der Waals surface area contributed by atoms with Crippen molar-refractivity contribution in [1.82, 2.24) is 19.7 Å². The van der Waals surface area contributed by atoms with E-state index in [2.05, 4.69) is 20.6 Å². The van der Waals surface area contributed by atoms with Crippen LogP contribution in [-0.4, -0.2) is 25.7 Å². The topological polar surface area (TPSA) is 97.9 Å². The number of carbonyl (C=O) groups excluding carboxylic acids is 1. The highest BCUT2D eigenvalue weighted by Crippen LogP contribution is 2.37. The number of furan rings is 1. The Labute approximate surface area is 178 Å². The Morgan fingerprint density at radius 2 is 1.94 bits per heavy atom. The zero-order chi connectivity index (χ0) is 21.4. The zero-order valence-electron chi connectivity index (χ0n) is 17.0. The summed E-state index contributed by atoms with van der Waals surface area (Å²) in [5.41, 5.74) is 2.67. The largest absolute Gasteiger partial charge is 0.464 e. The van der Waals surface area contributed by atoms with Crippen LogP contribution in [0.4, 0.5) is 11.6 Å². The first-order chi connectivity index (χ1) is 15.1. The van der Waals surface area contributed by atoms with Gasteiger partial charge in [0, 0.05) is 17.5 Å². The van der Waals surface area contributed by atoms with E-state index in [1.807, 2.05) is 56.3 Å². The van der Waals surface area contributed by atoms with Crippen molar-refractivity contribution in [3.8, 4) is 11.4 Å². The van der Waals surface area contributed by atoms with Crippen molar-refractivity contribution in [2.24, 2.45) is 0 Å². The molecule has 31 heavy (non-hydrogen) atoms. The third-order valence-electron chi connectivity index (χ3n) is 5.08. The Balaban J connectivity index is 1.59. The van der Waals surface area contributed by atoms with Crippen LogP contribution in [0.25, 0.3) is 11.4 Å². The number of nitrogens with zero attached hydrogens (tertiary/aromatic N) is 4. The van der Waals surface area contributed by atoms with Gasteiger partial charge < -0.3 is 15.1 Å². The molecule has 8 heteroatoms. The minimum absolute atomic E-state index is 0.264. The molecule has 0 bridgehead atoms. The minimum Gasteiger partial charge on any atom is -0.464 e. The fourth-order valence-corrected chi connectivity index (χ4v) is 3.65. The Bertz CT molecular complexity index is 1270. The standard InChI is InChI=1S/C23H20N6O2/c1-14-10-11-18(31-14)20-19(22(30)26-17-9-6-12-24-13-17)15(2)25-23-27-21(28-29(20)23)16-7-4-3-5-8-16/h3-13,20H,1-2H3,(H,26,30)(H,25,27,28). The second-order valence-corrected chi connectivity index (χ2v) is 7.28. The SMILES string of the molecule is CC1=C(C(=O)Nc2cccnc2)C(c2ccc(C)o2)n2nc(-c3ccccc3)nc2N1. The van der Waals surface area contributed by atoms with Gasteiger partial charge in [-0.25, -0.2) is 4.68 Å². The van der Waals surface area contributed by atoms with Crippen molar-refractivity contribution in [3.05, 3.63) is 89.8 Å². The zero-order valence-corrected chi connectivity index (χ0v) is 17.0. The molecule has 1 amide bonds. The van der Waals surface area contributed by atoms with Crippen molar-refractivity contribution in [2.75, 3.05) is 10.6 Å². The molecule has 1 unspecified atom stereocenters. The lowest BCUT2D eigenvalue weighted by molar-refractivity contribution is -0.113. The number of allylic oxidation sites excluding steroid dienone is 1. The summed E-state index contributed by atoms with van der Waals surface area (Å²) in [6.07, 6.45) is 3.26. The van der Waals surface area contributed by atoms with E-state index in [-0.39, 0.29) is 5.91 Å². The second-order valence-electron chi connectivity index (χ2n) is 7.28. The number of pyridine rings is 1. The van der Waals surface area contributed by atoms with Crippen LogP contribution in [0.15, 0.2) is 82.7 Å². The van der Waals surface area contributed by atoms with Crippen LogP contribution < -0.4 is 10.6 Å². The fraction of sp³-hybridized carbons (Fsp3) is 0.130. The van der Waals surface area contributed by atoms with E-state index in [9.17, 15) is 4.79 Å². The number of rotatable bonds is 4. The average molecular weight is 412 g/mol. The van der Waals surface area contributed by atoms with Gasteiger partial charge in [0.15, 0.2) is 5.82 Å². The van der Waals surface area contributed by atoms with Crippen LogP contribution in [0.2, 0.25) is 0 Å². The molecular formula is C23H20N6O2. The van der Waals surface area contributed by atoms with Crippen molar-refractivity contribution >= 4 is 17.5 Å². The van der Waals surface area contributed by atoms with Gasteiger partial charge in [-0.2, -0.15) is 4.98 Å². The predicted octanol–water partition coefficient (Wildman–Crippen LogP) is 4.17. The van der Waals surface area contributed by atoms with E-state index < -0.39 is 6.04 Å². The summed E-state index contributed by atoms with van der Waals surface area (Å²) in [7, 11) is 0. The number of hydrogen-bond donors (Lipinski definition) is 2. The number of carbonyl (C=O) groups is 1. The molecule has 0 aliphatic carbocycles. The molecule has 0 saturated heterocycles. The number of fused-ring (bicyclic) bond motifs is 1. The average Bonchev–Trinajstić information content (AvgIpc) is 3.40. The molecule has 1 aliphatic heterocycles. The molecule has 1 aromatic carbocycles. The third-order valence-corrected chi connectivity index (χ3v) is 5.08. The van der Waals surface area contributed by atoms with E-state index >= 15 is 0 Å². The van der Waals surface area contributed by atoms with Gasteiger partial charge in [0.1, 0.15) is 17.6 Å². The third kappa shape index (κ3) is 3.48. The van der Waals surface area contributed by atoms with Gasteiger partial charge in [0.2, 0.25) is 5.95 Å². The lowest BCUT2D eigenvalue weighted by Gasteiger charge is -2.27. The summed E-state index contributed by atoms with van der Waals surface area (Å²) >= 11 is 0. The maximum absolute atomic E-state index is 13.3. The summed E-state index contributed by atoms with van der Waals surface area (Å²) in [6, 6.07) is 16.4. The maximum Gasteiger partial charge on any atom is 0.256 e. The first-order valence-electron chi connectivity index (χ1n) is 9.87. The van der Waals surface area contributed by atoms with Crippen LogP contribution in [0.5, 0.6) is 0 Å². The summed E-state index contributed by atoms with van der Waals surface area (Å²) in [5.74, 6) is 2.22. The summed E-state index contributed by atoms with van der Waals surface area (Å²) < 4.78 is 7.63.